The zero-order valence-electron chi connectivity index (χ0n) is 14.6. The van der Waals surface area contributed by atoms with Crippen LogP contribution in [0.25, 0.3) is 0 Å². The molecule has 0 bridgehead atoms. The molecule has 0 aromatic carbocycles. The van der Waals surface area contributed by atoms with E-state index in [0.29, 0.717) is 12.0 Å². The molecule has 1 heterocycles. The third kappa shape index (κ3) is 4.11. The highest BCUT2D eigenvalue weighted by Gasteiger charge is 2.31. The highest BCUT2D eigenvalue weighted by atomic mass is 16.3. The molecule has 1 aliphatic rings. The Bertz CT molecular complexity index is 456. The number of aliphatic hydroxyl groups is 1. The second kappa shape index (κ2) is 8.11. The van der Waals surface area contributed by atoms with Crippen LogP contribution in [0.15, 0.2) is 0 Å². The van der Waals surface area contributed by atoms with Crippen molar-refractivity contribution >= 4 is 0 Å². The fourth-order valence-corrected chi connectivity index (χ4v) is 3.93. The summed E-state index contributed by atoms with van der Waals surface area (Å²) in [6.07, 6.45) is 8.56. The number of aliphatic hydroxyl groups excluding tert-OH is 1. The first kappa shape index (κ1) is 17.5. The molecular formula is C18H33N3O. The van der Waals surface area contributed by atoms with Gasteiger partial charge in [0.15, 0.2) is 0 Å². The molecule has 0 saturated heterocycles. The van der Waals surface area contributed by atoms with Gasteiger partial charge in [-0.1, -0.05) is 26.2 Å². The molecule has 2 N–H and O–H groups in total. The number of aryl methyl sites for hydroxylation is 2. The van der Waals surface area contributed by atoms with Gasteiger partial charge >= 0.3 is 0 Å². The summed E-state index contributed by atoms with van der Waals surface area (Å²) in [6.45, 7) is 9.71. The zero-order valence-corrected chi connectivity index (χ0v) is 14.6. The summed E-state index contributed by atoms with van der Waals surface area (Å²) in [6, 6.07) is 0. The molecule has 1 saturated carbocycles. The van der Waals surface area contributed by atoms with E-state index in [1.54, 1.807) is 0 Å². The third-order valence-corrected chi connectivity index (χ3v) is 5.32. The minimum Gasteiger partial charge on any atom is -0.396 e. The summed E-state index contributed by atoms with van der Waals surface area (Å²) >= 11 is 0. The van der Waals surface area contributed by atoms with Crippen molar-refractivity contribution in [2.24, 2.45) is 5.41 Å². The topological polar surface area (TPSA) is 50.1 Å². The molecule has 0 amide bonds. The molecule has 0 atom stereocenters. The molecule has 1 aromatic heterocycles. The Morgan fingerprint density at radius 3 is 2.59 bits per heavy atom. The van der Waals surface area contributed by atoms with Crippen LogP contribution in [0.1, 0.15) is 68.8 Å². The quantitative estimate of drug-likeness (QED) is 0.774. The second-order valence-electron chi connectivity index (χ2n) is 7.01. The van der Waals surface area contributed by atoms with Gasteiger partial charge in [0.2, 0.25) is 0 Å². The summed E-state index contributed by atoms with van der Waals surface area (Å²) in [5.41, 5.74) is 4.11. The SMILES string of the molecule is CCCn1nc(C)c(CNCC2(CCO)CCCCC2)c1C. The van der Waals surface area contributed by atoms with E-state index in [0.717, 1.165) is 38.2 Å². The lowest BCUT2D eigenvalue weighted by Crippen LogP contribution is -2.36. The molecule has 0 aliphatic heterocycles. The second-order valence-corrected chi connectivity index (χ2v) is 7.01. The van der Waals surface area contributed by atoms with Gasteiger partial charge in [0, 0.05) is 37.5 Å². The zero-order chi connectivity index (χ0) is 16.0. The normalized spacial score (nSPS) is 17.8. The fourth-order valence-electron chi connectivity index (χ4n) is 3.93. The third-order valence-electron chi connectivity index (χ3n) is 5.32. The summed E-state index contributed by atoms with van der Waals surface area (Å²) in [7, 11) is 0. The van der Waals surface area contributed by atoms with Crippen LogP contribution < -0.4 is 5.32 Å². The average molecular weight is 307 g/mol. The number of nitrogens with zero attached hydrogens (tertiary/aromatic N) is 2. The summed E-state index contributed by atoms with van der Waals surface area (Å²) < 4.78 is 2.14. The van der Waals surface area contributed by atoms with Crippen molar-refractivity contribution < 1.29 is 5.11 Å². The van der Waals surface area contributed by atoms with Crippen molar-refractivity contribution in [1.29, 1.82) is 0 Å². The van der Waals surface area contributed by atoms with Gasteiger partial charge < -0.3 is 10.4 Å². The molecular weight excluding hydrogens is 274 g/mol. The predicted molar refractivity (Wildman–Crippen MR) is 90.9 cm³/mol. The molecule has 4 nitrogen and oxygen atoms in total. The van der Waals surface area contributed by atoms with E-state index in [1.165, 1.54) is 43.4 Å². The van der Waals surface area contributed by atoms with Gasteiger partial charge in [-0.2, -0.15) is 5.10 Å². The highest BCUT2D eigenvalue weighted by molar-refractivity contribution is 5.24. The van der Waals surface area contributed by atoms with Gasteiger partial charge in [-0.05, 0) is 44.9 Å². The first-order chi connectivity index (χ1) is 10.6. The molecule has 0 radical (unpaired) electrons. The number of nitrogens with one attached hydrogen (secondary N) is 1. The summed E-state index contributed by atoms with van der Waals surface area (Å²) in [5.74, 6) is 0. The van der Waals surface area contributed by atoms with E-state index < -0.39 is 0 Å². The first-order valence-electron chi connectivity index (χ1n) is 8.96. The summed E-state index contributed by atoms with van der Waals surface area (Å²) in [4.78, 5) is 0. The molecule has 0 unspecified atom stereocenters. The smallest absolute Gasteiger partial charge is 0.0641 e. The van der Waals surface area contributed by atoms with Crippen molar-refractivity contribution in [3.8, 4) is 0 Å². The Morgan fingerprint density at radius 1 is 1.23 bits per heavy atom. The van der Waals surface area contributed by atoms with Gasteiger partial charge in [0.05, 0.1) is 5.69 Å². The number of aromatic nitrogens is 2. The molecule has 1 aromatic rings. The average Bonchev–Trinajstić information content (AvgIpc) is 2.76. The van der Waals surface area contributed by atoms with Crippen LogP contribution in [0.3, 0.4) is 0 Å². The Balaban J connectivity index is 1.94. The van der Waals surface area contributed by atoms with Crippen molar-refractivity contribution in [3.05, 3.63) is 17.0 Å². The van der Waals surface area contributed by atoms with E-state index >= 15 is 0 Å². The molecule has 126 valence electrons. The van der Waals surface area contributed by atoms with Crippen LogP contribution >= 0.6 is 0 Å². The molecule has 1 aliphatic carbocycles. The van der Waals surface area contributed by atoms with E-state index in [9.17, 15) is 5.11 Å². The summed E-state index contributed by atoms with van der Waals surface area (Å²) in [5, 5.41) is 17.7. The fraction of sp³-hybridized carbons (Fsp3) is 0.833. The maximum atomic E-state index is 9.41. The largest absolute Gasteiger partial charge is 0.396 e. The van der Waals surface area contributed by atoms with E-state index in [4.69, 9.17) is 0 Å². The monoisotopic (exact) mass is 307 g/mol. The number of hydrogen-bond acceptors (Lipinski definition) is 3. The highest BCUT2D eigenvalue weighted by Crippen LogP contribution is 2.38. The van der Waals surface area contributed by atoms with Gasteiger partial charge in [-0.15, -0.1) is 0 Å². The number of rotatable bonds is 8. The Morgan fingerprint density at radius 2 is 1.95 bits per heavy atom. The Kier molecular flexibility index (Phi) is 6.45. The lowest BCUT2D eigenvalue weighted by atomic mass is 9.72. The lowest BCUT2D eigenvalue weighted by Gasteiger charge is -2.37. The van der Waals surface area contributed by atoms with Crippen LogP contribution in [-0.4, -0.2) is 28.0 Å². The maximum Gasteiger partial charge on any atom is 0.0641 e. The van der Waals surface area contributed by atoms with Gasteiger partial charge in [0.25, 0.3) is 0 Å². The van der Waals surface area contributed by atoms with E-state index in [2.05, 4.69) is 35.9 Å². The van der Waals surface area contributed by atoms with E-state index in [1.807, 2.05) is 0 Å². The maximum absolute atomic E-state index is 9.41. The molecule has 1 fully saturated rings. The molecule has 4 heteroatoms. The molecule has 2 rings (SSSR count). The van der Waals surface area contributed by atoms with Crippen LogP contribution in [0, 0.1) is 19.3 Å². The predicted octanol–water partition coefficient (Wildman–Crippen LogP) is 3.33. The molecule has 0 spiro atoms. The van der Waals surface area contributed by atoms with Gasteiger partial charge in [0.1, 0.15) is 0 Å². The Labute approximate surface area is 135 Å². The van der Waals surface area contributed by atoms with Crippen LogP contribution in [0.4, 0.5) is 0 Å². The lowest BCUT2D eigenvalue weighted by molar-refractivity contribution is 0.126. The van der Waals surface area contributed by atoms with Crippen molar-refractivity contribution in [2.45, 2.75) is 78.8 Å². The van der Waals surface area contributed by atoms with Crippen molar-refractivity contribution in [3.63, 3.8) is 0 Å². The first-order valence-corrected chi connectivity index (χ1v) is 8.96. The minimum absolute atomic E-state index is 0.314. The van der Waals surface area contributed by atoms with Gasteiger partial charge in [-0.3, -0.25) is 4.68 Å². The Hall–Kier alpha value is -0.870. The standard InChI is InChI=1S/C18H33N3O/c1-4-11-21-16(3)17(15(2)20-21)13-19-14-18(10-12-22)8-6-5-7-9-18/h19,22H,4-14H2,1-3H3. The van der Waals surface area contributed by atoms with Crippen LogP contribution in [-0.2, 0) is 13.1 Å². The van der Waals surface area contributed by atoms with Crippen molar-refractivity contribution in [1.82, 2.24) is 15.1 Å². The number of hydrogen-bond donors (Lipinski definition) is 2. The minimum atomic E-state index is 0.314. The van der Waals surface area contributed by atoms with Crippen LogP contribution in [0.2, 0.25) is 0 Å². The van der Waals surface area contributed by atoms with Crippen LogP contribution in [0.5, 0.6) is 0 Å². The molecule has 22 heavy (non-hydrogen) atoms. The van der Waals surface area contributed by atoms with Crippen molar-refractivity contribution in [2.75, 3.05) is 13.2 Å². The van der Waals surface area contributed by atoms with E-state index in [-0.39, 0.29) is 0 Å². The van der Waals surface area contributed by atoms with Gasteiger partial charge in [-0.25, -0.2) is 0 Å².